The molecule has 0 N–H and O–H groups in total. The molecule has 1 aliphatic heterocycles. The average molecular weight is 693 g/mol. The van der Waals surface area contributed by atoms with E-state index in [9.17, 15) is 0 Å². The van der Waals surface area contributed by atoms with Crippen molar-refractivity contribution in [1.29, 1.82) is 0 Å². The topological polar surface area (TPSA) is 0 Å². The van der Waals surface area contributed by atoms with Gasteiger partial charge < -0.3 is 0 Å². The molecule has 1 aromatic rings. The van der Waals surface area contributed by atoms with Gasteiger partial charge in [-0.15, -0.1) is 0 Å². The van der Waals surface area contributed by atoms with Crippen LogP contribution >= 0.6 is 23.1 Å². The van der Waals surface area contributed by atoms with Crippen LogP contribution in [0.5, 0.6) is 0 Å². The van der Waals surface area contributed by atoms with Crippen LogP contribution in [0.4, 0.5) is 0 Å². The molecule has 0 saturated heterocycles. The van der Waals surface area contributed by atoms with Crippen LogP contribution in [0, 0.1) is 5.92 Å². The molecule has 0 amide bonds. The van der Waals surface area contributed by atoms with E-state index >= 15 is 0 Å². The summed E-state index contributed by atoms with van der Waals surface area (Å²) in [6.45, 7) is 7.20. The van der Waals surface area contributed by atoms with Crippen molar-refractivity contribution < 1.29 is 0 Å². The van der Waals surface area contributed by atoms with E-state index in [1.54, 1.807) is 10.5 Å². The second-order valence-corrected chi connectivity index (χ2v) is 25.5. The van der Waals surface area contributed by atoms with Crippen LogP contribution in [0.25, 0.3) is 0 Å². The summed E-state index contributed by atoms with van der Waals surface area (Å²) in [6.07, 6.45) is 0. The van der Waals surface area contributed by atoms with Gasteiger partial charge in [-0.1, -0.05) is 0 Å². The van der Waals surface area contributed by atoms with E-state index in [1.807, 2.05) is 14.9 Å². The van der Waals surface area contributed by atoms with Crippen molar-refractivity contribution in [2.24, 2.45) is 5.92 Å². The van der Waals surface area contributed by atoms with Gasteiger partial charge in [-0.05, 0) is 0 Å². The second-order valence-electron chi connectivity index (χ2n) is 5.41. The molecule has 0 saturated carbocycles. The fraction of sp³-hybridized carbons (Fsp3) is 0.455. The van der Waals surface area contributed by atoms with Gasteiger partial charge in [-0.3, -0.25) is 0 Å². The average Bonchev–Trinajstić information content (AvgIpc) is 2.64. The summed E-state index contributed by atoms with van der Waals surface area (Å²) >= 11 is 7.40. The fourth-order valence-electron chi connectivity index (χ4n) is 2.66. The molecule has 1 aromatic heterocycles. The number of rotatable bonds is 1. The minimum absolute atomic E-state index is 0.582. The molecule has 2 rings (SSSR count). The Bertz CT molecular complexity index is 506. The maximum absolute atomic E-state index is 2.49. The molecule has 0 radical (unpaired) electrons. The zero-order valence-corrected chi connectivity index (χ0v) is 36.4. The fourth-order valence-corrected chi connectivity index (χ4v) is 29.1. The van der Waals surface area contributed by atoms with Crippen molar-refractivity contribution in [2.45, 2.75) is 23.5 Å². The van der Waals surface area contributed by atoms with Crippen LogP contribution in [-0.2, 0) is 2.76 Å². The molecule has 0 bridgehead atoms. The van der Waals surface area contributed by atoms with Crippen molar-refractivity contribution in [2.75, 3.05) is 0 Å². The van der Waals surface area contributed by atoms with Crippen LogP contribution < -0.4 is 10.1 Å². The first-order valence-electron chi connectivity index (χ1n) is 6.22. The summed E-state index contributed by atoms with van der Waals surface area (Å²) in [5, 5.41) is 0. The van der Waals surface area contributed by atoms with Crippen molar-refractivity contribution in [1.82, 2.24) is 0 Å². The number of thioether (sulfide) groups is 1. The standard InChI is InChI=1S/C11H10S2.4Sn.12H/c1-7-8(2)11(13-9(7)3)10-5-4-6-12-10;;;;;;;;;;;;;;;;/h8H,1-3H3;;;;;;;;;;;;;;;;. The summed E-state index contributed by atoms with van der Waals surface area (Å²) in [4.78, 5) is 3.50. The summed E-state index contributed by atoms with van der Waals surface area (Å²) < 4.78 is 6.29. The summed E-state index contributed by atoms with van der Waals surface area (Å²) in [5.41, 5.74) is 1.68. The van der Waals surface area contributed by atoms with Gasteiger partial charge in [0.05, 0.1) is 0 Å². The minimum atomic E-state index is 0.582. The third-order valence-electron chi connectivity index (χ3n) is 4.53. The van der Waals surface area contributed by atoms with E-state index in [1.165, 1.54) is 0 Å². The summed E-state index contributed by atoms with van der Waals surface area (Å²) in [5.74, 6) is 0.816. The molecular weight excluding hydrogens is 671 g/mol. The SMILES string of the molecule is CC1=C(C)C(C)[C]([SnH3])(c2s[c]([SnH3])[c]([SnH3])[c]2[SnH3])S1. The molecule has 0 aromatic carbocycles. The number of hydrogen-bond acceptors (Lipinski definition) is 2. The molecule has 2 unspecified atom stereocenters. The Morgan fingerprint density at radius 1 is 1.12 bits per heavy atom. The van der Waals surface area contributed by atoms with Gasteiger partial charge in [-0.25, -0.2) is 0 Å². The molecule has 17 heavy (non-hydrogen) atoms. The van der Waals surface area contributed by atoms with Crippen LogP contribution in [0.15, 0.2) is 10.5 Å². The van der Waals surface area contributed by atoms with Crippen LogP contribution in [-0.4, -0.2) is 90.1 Å². The van der Waals surface area contributed by atoms with Crippen LogP contribution in [0.1, 0.15) is 25.6 Å². The first-order valence-corrected chi connectivity index (χ1v) is 19.3. The normalized spacial score (nSPS) is 29.9. The summed E-state index contributed by atoms with van der Waals surface area (Å²) in [7, 11) is 0. The monoisotopic (exact) mass is 698 g/mol. The van der Waals surface area contributed by atoms with E-state index in [4.69, 9.17) is 0 Å². The van der Waals surface area contributed by atoms with Crippen molar-refractivity contribution in [3.63, 3.8) is 0 Å². The Balaban J connectivity index is 2.52. The molecule has 0 spiro atoms. The van der Waals surface area contributed by atoms with E-state index in [2.05, 4.69) is 43.9 Å². The molecule has 6 heteroatoms. The second kappa shape index (κ2) is 6.00. The van der Waals surface area contributed by atoms with Crippen molar-refractivity contribution >= 4 is 123 Å². The van der Waals surface area contributed by atoms with E-state index in [-0.39, 0.29) is 0 Å². The molecular formula is C11H22S2Sn4. The molecule has 1 aliphatic rings. The van der Waals surface area contributed by atoms with E-state index < -0.39 is 0 Å². The van der Waals surface area contributed by atoms with Crippen molar-refractivity contribution in [3.05, 3.63) is 15.4 Å². The number of hydrogen-bond donors (Lipinski definition) is 0. The molecule has 2 atom stereocenters. The predicted molar refractivity (Wildman–Crippen MR) is 99.8 cm³/mol. The van der Waals surface area contributed by atoms with Gasteiger partial charge in [0.2, 0.25) is 0 Å². The quantitative estimate of drug-likeness (QED) is 0.282. The summed E-state index contributed by atoms with van der Waals surface area (Å²) in [6, 6.07) is 0. The third kappa shape index (κ3) is 2.83. The van der Waals surface area contributed by atoms with Crippen molar-refractivity contribution in [3.8, 4) is 0 Å². The molecule has 0 aliphatic carbocycles. The Morgan fingerprint density at radius 3 is 2.06 bits per heavy atom. The Morgan fingerprint density at radius 2 is 1.71 bits per heavy atom. The zero-order chi connectivity index (χ0) is 13.0. The molecule has 2 heterocycles. The van der Waals surface area contributed by atoms with E-state index in [0.717, 1.165) is 73.5 Å². The van der Waals surface area contributed by atoms with Gasteiger partial charge in [0.15, 0.2) is 0 Å². The van der Waals surface area contributed by atoms with Gasteiger partial charge in [0.25, 0.3) is 0 Å². The van der Waals surface area contributed by atoms with E-state index in [0.29, 0.717) is 25.3 Å². The first-order chi connectivity index (χ1) is 7.79. The van der Waals surface area contributed by atoms with Gasteiger partial charge in [-0.2, -0.15) is 0 Å². The van der Waals surface area contributed by atoms with Gasteiger partial charge in [0.1, 0.15) is 0 Å². The molecule has 0 fully saturated rings. The molecule has 0 nitrogen and oxygen atoms in total. The Kier molecular flexibility index (Phi) is 5.78. The zero-order valence-electron chi connectivity index (χ0n) is 11.9. The Labute approximate surface area is 165 Å². The van der Waals surface area contributed by atoms with Gasteiger partial charge >= 0.3 is 168 Å². The van der Waals surface area contributed by atoms with Crippen LogP contribution in [0.2, 0.25) is 0 Å². The Hall–Kier alpha value is 2.98. The first kappa shape index (κ1) is 16.4. The molecule has 94 valence electrons. The third-order valence-corrected chi connectivity index (χ3v) is 44.6. The van der Waals surface area contributed by atoms with Gasteiger partial charge in [0, 0.05) is 0 Å². The van der Waals surface area contributed by atoms with Crippen LogP contribution in [0.3, 0.4) is 0 Å². The number of thiophene rings is 1. The maximum atomic E-state index is 2.49. The predicted octanol–water partition coefficient (Wildman–Crippen LogP) is -3.08. The number of allylic oxidation sites excluding steroid dienone is 2.